The van der Waals surface area contributed by atoms with Gasteiger partial charge in [0.2, 0.25) is 0 Å². The molecule has 1 heterocycles. The fourth-order valence-electron chi connectivity index (χ4n) is 2.43. The van der Waals surface area contributed by atoms with E-state index in [1.807, 2.05) is 25.1 Å². The fourth-order valence-corrected chi connectivity index (χ4v) is 2.56. The maximum absolute atomic E-state index is 12.2. The van der Waals surface area contributed by atoms with Crippen LogP contribution in [0.5, 0.6) is 5.75 Å². The minimum Gasteiger partial charge on any atom is -0.495 e. The molecule has 8 nitrogen and oxygen atoms in total. The van der Waals surface area contributed by atoms with Gasteiger partial charge >= 0.3 is 0 Å². The maximum Gasteiger partial charge on any atom is 0.269 e. The molecule has 0 spiro atoms. The van der Waals surface area contributed by atoms with E-state index >= 15 is 0 Å². The molecule has 0 bridgehead atoms. The second kappa shape index (κ2) is 8.45. The summed E-state index contributed by atoms with van der Waals surface area (Å²) in [5.41, 5.74) is 13.8. The molecule has 144 valence electrons. The molecule has 5 N–H and O–H groups in total. The van der Waals surface area contributed by atoms with E-state index < -0.39 is 0 Å². The zero-order chi connectivity index (χ0) is 20.1. The lowest BCUT2D eigenvalue weighted by Crippen LogP contribution is -2.30. The van der Waals surface area contributed by atoms with Gasteiger partial charge in [0.15, 0.2) is 11.6 Å². The van der Waals surface area contributed by atoms with Gasteiger partial charge in [-0.2, -0.15) is 0 Å². The molecule has 0 saturated heterocycles. The molecule has 0 aliphatic heterocycles. The Kier molecular flexibility index (Phi) is 5.81. The quantitative estimate of drug-likeness (QED) is 0.469. The minimum atomic E-state index is -0.357. The van der Waals surface area contributed by atoms with Gasteiger partial charge in [-0.15, -0.1) is 0 Å². The van der Waals surface area contributed by atoms with Gasteiger partial charge in [0.05, 0.1) is 12.8 Å². The van der Waals surface area contributed by atoms with Gasteiger partial charge < -0.3 is 15.8 Å². The standard InChI is InChI=1S/C19H19ClN6O2/c1-11-3-8-15(28-2)14(9-11)24-17-16(21)18(23-10-22-17)25-26-19(27)12-4-6-13(20)7-5-12/h3-10H,21H2,1-2H3,(H,26,27)(H2,22,23,24,25). The number of nitrogens with zero attached hydrogens (tertiary/aromatic N) is 2. The summed E-state index contributed by atoms with van der Waals surface area (Å²) in [5.74, 6) is 0.923. The molecule has 0 aliphatic carbocycles. The third kappa shape index (κ3) is 4.41. The normalized spacial score (nSPS) is 10.2. The first-order chi connectivity index (χ1) is 13.5. The number of carbonyl (C=O) groups excluding carboxylic acids is 1. The number of ether oxygens (including phenoxy) is 1. The van der Waals surface area contributed by atoms with Crippen LogP contribution in [0, 0.1) is 6.92 Å². The number of hydrogen-bond donors (Lipinski definition) is 4. The molecule has 28 heavy (non-hydrogen) atoms. The van der Waals surface area contributed by atoms with Gasteiger partial charge in [-0.3, -0.25) is 15.6 Å². The summed E-state index contributed by atoms with van der Waals surface area (Å²) in [6.07, 6.45) is 1.33. The van der Waals surface area contributed by atoms with E-state index in [4.69, 9.17) is 22.1 Å². The Morgan fingerprint density at radius 3 is 2.54 bits per heavy atom. The van der Waals surface area contributed by atoms with Crippen LogP contribution in [0.4, 0.5) is 23.0 Å². The monoisotopic (exact) mass is 398 g/mol. The van der Waals surface area contributed by atoms with Gasteiger partial charge in [0, 0.05) is 10.6 Å². The number of nitrogens with one attached hydrogen (secondary N) is 3. The second-order valence-corrected chi connectivity index (χ2v) is 6.34. The van der Waals surface area contributed by atoms with Crippen molar-refractivity contribution >= 4 is 40.5 Å². The fraction of sp³-hybridized carbons (Fsp3) is 0.105. The summed E-state index contributed by atoms with van der Waals surface area (Å²) >= 11 is 5.83. The van der Waals surface area contributed by atoms with E-state index in [0.29, 0.717) is 27.8 Å². The van der Waals surface area contributed by atoms with Crippen molar-refractivity contribution in [3.8, 4) is 5.75 Å². The molecule has 3 aromatic rings. The largest absolute Gasteiger partial charge is 0.495 e. The number of benzene rings is 2. The van der Waals surface area contributed by atoms with Crippen LogP contribution in [0.15, 0.2) is 48.8 Å². The predicted octanol–water partition coefficient (Wildman–Crippen LogP) is 3.53. The highest BCUT2D eigenvalue weighted by Crippen LogP contribution is 2.31. The molecule has 0 unspecified atom stereocenters. The van der Waals surface area contributed by atoms with Crippen molar-refractivity contribution in [3.63, 3.8) is 0 Å². The van der Waals surface area contributed by atoms with E-state index in [1.54, 1.807) is 31.4 Å². The number of aryl methyl sites for hydroxylation is 1. The molecular weight excluding hydrogens is 380 g/mol. The molecule has 9 heteroatoms. The van der Waals surface area contributed by atoms with Crippen LogP contribution in [0.2, 0.25) is 5.02 Å². The van der Waals surface area contributed by atoms with Crippen molar-refractivity contribution in [3.05, 3.63) is 64.9 Å². The van der Waals surface area contributed by atoms with Gasteiger partial charge in [-0.25, -0.2) is 9.97 Å². The number of hydrazine groups is 1. The molecule has 2 aromatic carbocycles. The zero-order valence-electron chi connectivity index (χ0n) is 15.3. The third-order valence-electron chi connectivity index (χ3n) is 3.89. The average molecular weight is 399 g/mol. The number of nitrogen functional groups attached to an aromatic ring is 1. The molecule has 0 aliphatic rings. The van der Waals surface area contributed by atoms with Crippen LogP contribution >= 0.6 is 11.6 Å². The lowest BCUT2D eigenvalue weighted by Gasteiger charge is -2.15. The Bertz CT molecular complexity index is 994. The number of amides is 1. The highest BCUT2D eigenvalue weighted by molar-refractivity contribution is 6.30. The van der Waals surface area contributed by atoms with Gasteiger partial charge in [0.25, 0.3) is 5.91 Å². The number of aromatic nitrogens is 2. The Morgan fingerprint density at radius 1 is 1.11 bits per heavy atom. The highest BCUT2D eigenvalue weighted by Gasteiger charge is 2.12. The van der Waals surface area contributed by atoms with Crippen molar-refractivity contribution in [2.75, 3.05) is 23.6 Å². The summed E-state index contributed by atoms with van der Waals surface area (Å²) in [4.78, 5) is 20.4. The van der Waals surface area contributed by atoms with E-state index in [1.165, 1.54) is 6.33 Å². The molecular formula is C19H19ClN6O2. The van der Waals surface area contributed by atoms with Crippen LogP contribution in [0.1, 0.15) is 15.9 Å². The smallest absolute Gasteiger partial charge is 0.269 e. The van der Waals surface area contributed by atoms with Crippen molar-refractivity contribution in [2.45, 2.75) is 6.92 Å². The summed E-state index contributed by atoms with van der Waals surface area (Å²) in [6, 6.07) is 12.2. The van der Waals surface area contributed by atoms with Gasteiger partial charge in [0.1, 0.15) is 17.8 Å². The Labute approximate surface area is 167 Å². The Morgan fingerprint density at radius 2 is 1.82 bits per heavy atom. The summed E-state index contributed by atoms with van der Waals surface area (Å²) in [6.45, 7) is 1.97. The van der Waals surface area contributed by atoms with Gasteiger partial charge in [-0.05, 0) is 48.9 Å². The molecule has 0 atom stereocenters. The van der Waals surface area contributed by atoms with Crippen LogP contribution in [-0.4, -0.2) is 23.0 Å². The summed E-state index contributed by atoms with van der Waals surface area (Å²) < 4.78 is 5.35. The van der Waals surface area contributed by atoms with Gasteiger partial charge in [-0.1, -0.05) is 17.7 Å². The molecule has 0 radical (unpaired) electrons. The maximum atomic E-state index is 12.2. The molecule has 1 aromatic heterocycles. The first-order valence-corrected chi connectivity index (χ1v) is 8.70. The summed E-state index contributed by atoms with van der Waals surface area (Å²) in [7, 11) is 1.58. The molecule has 0 saturated carbocycles. The van der Waals surface area contributed by atoms with Crippen molar-refractivity contribution < 1.29 is 9.53 Å². The Hall–Kier alpha value is -3.52. The van der Waals surface area contributed by atoms with E-state index in [-0.39, 0.29) is 17.4 Å². The minimum absolute atomic E-state index is 0.238. The summed E-state index contributed by atoms with van der Waals surface area (Å²) in [5, 5.41) is 3.68. The first-order valence-electron chi connectivity index (χ1n) is 8.32. The average Bonchev–Trinajstić information content (AvgIpc) is 2.69. The Balaban J connectivity index is 1.75. The number of halogens is 1. The van der Waals surface area contributed by atoms with E-state index in [2.05, 4.69) is 26.1 Å². The third-order valence-corrected chi connectivity index (χ3v) is 4.14. The predicted molar refractivity (Wildman–Crippen MR) is 110 cm³/mol. The molecule has 1 amide bonds. The lowest BCUT2D eigenvalue weighted by atomic mass is 10.2. The van der Waals surface area contributed by atoms with Crippen LogP contribution in [0.25, 0.3) is 0 Å². The topological polar surface area (TPSA) is 114 Å². The zero-order valence-corrected chi connectivity index (χ0v) is 16.0. The van der Waals surface area contributed by atoms with Crippen LogP contribution in [0.3, 0.4) is 0 Å². The highest BCUT2D eigenvalue weighted by atomic mass is 35.5. The van der Waals surface area contributed by atoms with Crippen molar-refractivity contribution in [2.24, 2.45) is 0 Å². The lowest BCUT2D eigenvalue weighted by molar-refractivity contribution is 0.0962. The van der Waals surface area contributed by atoms with Crippen molar-refractivity contribution in [1.82, 2.24) is 15.4 Å². The molecule has 0 fully saturated rings. The molecule has 3 rings (SSSR count). The van der Waals surface area contributed by atoms with Crippen molar-refractivity contribution in [1.29, 1.82) is 0 Å². The number of hydrogen-bond acceptors (Lipinski definition) is 7. The number of rotatable bonds is 6. The van der Waals surface area contributed by atoms with E-state index in [9.17, 15) is 4.79 Å². The number of carbonyl (C=O) groups is 1. The van der Waals surface area contributed by atoms with Crippen LogP contribution < -0.4 is 26.6 Å². The second-order valence-electron chi connectivity index (χ2n) is 5.90. The SMILES string of the molecule is COc1ccc(C)cc1Nc1ncnc(NNC(=O)c2ccc(Cl)cc2)c1N. The van der Waals surface area contributed by atoms with E-state index in [0.717, 1.165) is 5.56 Å². The number of anilines is 4. The van der Waals surface area contributed by atoms with Crippen LogP contribution in [-0.2, 0) is 0 Å². The number of nitrogens with two attached hydrogens (primary N) is 1. The first kappa shape index (κ1) is 19.2. The number of methoxy groups -OCH3 is 1.